The zero-order valence-corrected chi connectivity index (χ0v) is 10.4. The fraction of sp³-hybridized carbons (Fsp3) is 0.600. The molecule has 0 bridgehead atoms. The number of hydrogen-bond donors (Lipinski definition) is 2. The molecule has 1 rings (SSSR count). The molecule has 1 aromatic rings. The second-order valence-electron chi connectivity index (χ2n) is 3.80. The summed E-state index contributed by atoms with van der Waals surface area (Å²) in [7, 11) is 0. The van der Waals surface area contributed by atoms with Crippen LogP contribution in [0.15, 0.2) is 0 Å². The molecule has 0 fully saturated rings. The van der Waals surface area contributed by atoms with Crippen LogP contribution in [0.4, 0.5) is 0 Å². The van der Waals surface area contributed by atoms with Gasteiger partial charge in [-0.2, -0.15) is 5.10 Å². The van der Waals surface area contributed by atoms with Crippen molar-refractivity contribution in [3.05, 3.63) is 16.4 Å². The largest absolute Gasteiger partial charge is 0.392 e. The SMILES string of the molecule is Cc1nn(CC(=O)NCC(C)O)c(C)c1Cl. The van der Waals surface area contributed by atoms with Gasteiger partial charge in [0.25, 0.3) is 0 Å². The van der Waals surface area contributed by atoms with Gasteiger partial charge in [-0.05, 0) is 20.8 Å². The van der Waals surface area contributed by atoms with Gasteiger partial charge in [-0.1, -0.05) is 11.6 Å². The molecule has 0 aliphatic heterocycles. The maximum absolute atomic E-state index is 11.5. The predicted octanol–water partition coefficient (Wildman–Crippen LogP) is 0.650. The number of aromatic nitrogens is 2. The summed E-state index contributed by atoms with van der Waals surface area (Å²) in [5.74, 6) is -0.192. The van der Waals surface area contributed by atoms with E-state index in [1.807, 2.05) is 6.92 Å². The molecule has 90 valence electrons. The van der Waals surface area contributed by atoms with Crippen LogP contribution in [0.25, 0.3) is 0 Å². The molecule has 1 atom stereocenters. The minimum Gasteiger partial charge on any atom is -0.392 e. The number of carbonyl (C=O) groups excluding carboxylic acids is 1. The summed E-state index contributed by atoms with van der Waals surface area (Å²) >= 11 is 5.95. The highest BCUT2D eigenvalue weighted by Crippen LogP contribution is 2.18. The zero-order valence-electron chi connectivity index (χ0n) is 9.62. The number of amides is 1. The molecule has 2 N–H and O–H groups in total. The second kappa shape index (κ2) is 5.32. The number of hydrogen-bond acceptors (Lipinski definition) is 3. The van der Waals surface area contributed by atoms with Crippen molar-refractivity contribution < 1.29 is 9.90 Å². The van der Waals surface area contributed by atoms with E-state index in [1.165, 1.54) is 0 Å². The molecule has 0 saturated carbocycles. The van der Waals surface area contributed by atoms with E-state index in [1.54, 1.807) is 18.5 Å². The van der Waals surface area contributed by atoms with Crippen molar-refractivity contribution in [2.24, 2.45) is 0 Å². The summed E-state index contributed by atoms with van der Waals surface area (Å²) in [5.41, 5.74) is 1.48. The first-order chi connectivity index (χ1) is 7.41. The molecule has 0 spiro atoms. The number of aryl methyl sites for hydroxylation is 1. The molecule has 0 aliphatic rings. The molecule has 0 radical (unpaired) electrons. The molecule has 1 heterocycles. The van der Waals surface area contributed by atoms with Crippen LogP contribution in [0.5, 0.6) is 0 Å². The van der Waals surface area contributed by atoms with Crippen LogP contribution in [-0.2, 0) is 11.3 Å². The van der Waals surface area contributed by atoms with Crippen molar-refractivity contribution in [2.45, 2.75) is 33.4 Å². The Hall–Kier alpha value is -1.07. The molecule has 1 unspecified atom stereocenters. The topological polar surface area (TPSA) is 67.2 Å². The molecule has 0 saturated heterocycles. The van der Waals surface area contributed by atoms with Crippen molar-refractivity contribution in [1.82, 2.24) is 15.1 Å². The zero-order chi connectivity index (χ0) is 12.3. The summed E-state index contributed by atoms with van der Waals surface area (Å²) in [6.07, 6.45) is -0.548. The van der Waals surface area contributed by atoms with E-state index in [2.05, 4.69) is 10.4 Å². The van der Waals surface area contributed by atoms with Gasteiger partial charge in [0.1, 0.15) is 6.54 Å². The number of carbonyl (C=O) groups is 1. The van der Waals surface area contributed by atoms with Gasteiger partial charge < -0.3 is 10.4 Å². The standard InChI is InChI=1S/C10H16ClN3O2/c1-6(15)4-12-9(16)5-14-8(3)10(11)7(2)13-14/h6,15H,4-5H2,1-3H3,(H,12,16). The average Bonchev–Trinajstić information content (AvgIpc) is 2.43. The van der Waals surface area contributed by atoms with Gasteiger partial charge in [-0.15, -0.1) is 0 Å². The summed E-state index contributed by atoms with van der Waals surface area (Å²) in [4.78, 5) is 11.5. The van der Waals surface area contributed by atoms with Crippen LogP contribution in [0.3, 0.4) is 0 Å². The Morgan fingerprint density at radius 1 is 1.62 bits per heavy atom. The first kappa shape index (κ1) is 13.0. The lowest BCUT2D eigenvalue weighted by atomic mass is 10.4. The van der Waals surface area contributed by atoms with Gasteiger partial charge >= 0.3 is 0 Å². The highest BCUT2D eigenvalue weighted by atomic mass is 35.5. The van der Waals surface area contributed by atoms with Crippen molar-refractivity contribution >= 4 is 17.5 Å². The van der Waals surface area contributed by atoms with Crippen LogP contribution < -0.4 is 5.32 Å². The Labute approximate surface area is 99.4 Å². The molecule has 1 amide bonds. The average molecular weight is 246 g/mol. The Balaban J connectivity index is 2.60. The molecular weight excluding hydrogens is 230 g/mol. The minimum atomic E-state index is -0.548. The molecule has 6 heteroatoms. The van der Waals surface area contributed by atoms with Crippen LogP contribution in [0.2, 0.25) is 5.02 Å². The molecule has 0 aliphatic carbocycles. The highest BCUT2D eigenvalue weighted by molar-refractivity contribution is 6.31. The Morgan fingerprint density at radius 3 is 2.69 bits per heavy atom. The Morgan fingerprint density at radius 2 is 2.25 bits per heavy atom. The maximum Gasteiger partial charge on any atom is 0.241 e. The number of halogens is 1. The van der Waals surface area contributed by atoms with Crippen LogP contribution in [-0.4, -0.2) is 33.4 Å². The van der Waals surface area contributed by atoms with Crippen molar-refractivity contribution in [3.8, 4) is 0 Å². The fourth-order valence-electron chi connectivity index (χ4n) is 1.28. The lowest BCUT2D eigenvalue weighted by molar-refractivity contribution is -0.122. The number of nitrogens with one attached hydrogen (secondary N) is 1. The fourth-order valence-corrected chi connectivity index (χ4v) is 1.42. The normalized spacial score (nSPS) is 12.6. The lowest BCUT2D eigenvalue weighted by Crippen LogP contribution is -2.33. The highest BCUT2D eigenvalue weighted by Gasteiger charge is 2.12. The molecular formula is C10H16ClN3O2. The summed E-state index contributed by atoms with van der Waals surface area (Å²) in [6, 6.07) is 0. The second-order valence-corrected chi connectivity index (χ2v) is 4.17. The third-order valence-corrected chi connectivity index (χ3v) is 2.73. The Kier molecular flexibility index (Phi) is 4.32. The summed E-state index contributed by atoms with van der Waals surface area (Å²) in [6.45, 7) is 5.57. The van der Waals surface area contributed by atoms with Gasteiger partial charge in [-0.25, -0.2) is 0 Å². The summed E-state index contributed by atoms with van der Waals surface area (Å²) < 4.78 is 1.55. The summed E-state index contributed by atoms with van der Waals surface area (Å²) in [5, 5.41) is 16.3. The van der Waals surface area contributed by atoms with E-state index in [9.17, 15) is 4.79 Å². The molecule has 0 aromatic carbocycles. The lowest BCUT2D eigenvalue weighted by Gasteiger charge is -2.08. The van der Waals surface area contributed by atoms with Crippen molar-refractivity contribution in [1.29, 1.82) is 0 Å². The third-order valence-electron chi connectivity index (χ3n) is 2.18. The van der Waals surface area contributed by atoms with Crippen LogP contribution >= 0.6 is 11.6 Å². The molecule has 5 nitrogen and oxygen atoms in total. The van der Waals surface area contributed by atoms with E-state index < -0.39 is 6.10 Å². The van der Waals surface area contributed by atoms with Crippen LogP contribution in [0, 0.1) is 13.8 Å². The number of aliphatic hydroxyl groups excluding tert-OH is 1. The maximum atomic E-state index is 11.5. The van der Waals surface area contributed by atoms with Crippen molar-refractivity contribution in [3.63, 3.8) is 0 Å². The first-order valence-electron chi connectivity index (χ1n) is 5.06. The quantitative estimate of drug-likeness (QED) is 0.819. The van der Waals surface area contributed by atoms with Crippen molar-refractivity contribution in [2.75, 3.05) is 6.54 Å². The monoisotopic (exact) mass is 245 g/mol. The van der Waals surface area contributed by atoms with Crippen LogP contribution in [0.1, 0.15) is 18.3 Å². The van der Waals surface area contributed by atoms with Gasteiger partial charge in [0.2, 0.25) is 5.91 Å². The molecule has 1 aromatic heterocycles. The third kappa shape index (κ3) is 3.21. The van der Waals surface area contributed by atoms with E-state index >= 15 is 0 Å². The smallest absolute Gasteiger partial charge is 0.241 e. The number of aliphatic hydroxyl groups is 1. The minimum absolute atomic E-state index is 0.117. The van der Waals surface area contributed by atoms with Gasteiger partial charge in [0.05, 0.1) is 22.5 Å². The van der Waals surface area contributed by atoms with Gasteiger partial charge in [0.15, 0.2) is 0 Å². The predicted molar refractivity (Wildman–Crippen MR) is 61.4 cm³/mol. The molecule has 16 heavy (non-hydrogen) atoms. The van der Waals surface area contributed by atoms with E-state index in [-0.39, 0.29) is 19.0 Å². The Bertz CT molecular complexity index is 388. The van der Waals surface area contributed by atoms with Gasteiger partial charge in [-0.3, -0.25) is 9.48 Å². The van der Waals surface area contributed by atoms with Gasteiger partial charge in [0, 0.05) is 6.54 Å². The van der Waals surface area contributed by atoms with E-state index in [0.29, 0.717) is 10.7 Å². The van der Waals surface area contributed by atoms with E-state index in [4.69, 9.17) is 16.7 Å². The van der Waals surface area contributed by atoms with E-state index in [0.717, 1.165) is 5.69 Å². The number of nitrogens with zero attached hydrogens (tertiary/aromatic N) is 2. The number of rotatable bonds is 4. The first-order valence-corrected chi connectivity index (χ1v) is 5.44.